The molecule has 1 amide bonds. The van der Waals surface area contributed by atoms with Crippen molar-refractivity contribution in [3.8, 4) is 11.5 Å². The zero-order valence-electron chi connectivity index (χ0n) is 12.0. The third-order valence-electron chi connectivity index (χ3n) is 3.10. The third kappa shape index (κ3) is 3.23. The van der Waals surface area contributed by atoms with Gasteiger partial charge >= 0.3 is 0 Å². The number of nitrogens with one attached hydrogen (secondary N) is 1. The van der Waals surface area contributed by atoms with Gasteiger partial charge in [0.05, 0.1) is 5.69 Å². The Balaban J connectivity index is 1.77. The summed E-state index contributed by atoms with van der Waals surface area (Å²) in [6.07, 6.45) is 0. The summed E-state index contributed by atoms with van der Waals surface area (Å²) < 4.78 is 31.4. The van der Waals surface area contributed by atoms with Crippen LogP contribution in [0.15, 0.2) is 47.0 Å². The first-order valence-electron chi connectivity index (χ1n) is 6.70. The SMILES string of the molecule is Cc1noc(-c2ccc(C(=O)Nc3ccc(F)cc3F)cc2)n1. The van der Waals surface area contributed by atoms with E-state index in [1.807, 2.05) is 0 Å². The lowest BCUT2D eigenvalue weighted by Gasteiger charge is -2.06. The van der Waals surface area contributed by atoms with E-state index in [2.05, 4.69) is 15.5 Å². The van der Waals surface area contributed by atoms with Gasteiger partial charge < -0.3 is 9.84 Å². The first-order chi connectivity index (χ1) is 11.0. The Hall–Kier alpha value is -3.09. The van der Waals surface area contributed by atoms with Crippen molar-refractivity contribution in [2.24, 2.45) is 0 Å². The number of carbonyl (C=O) groups excluding carboxylic acids is 1. The molecule has 5 nitrogen and oxygen atoms in total. The maximum Gasteiger partial charge on any atom is 0.257 e. The maximum absolute atomic E-state index is 13.5. The molecule has 0 atom stereocenters. The number of halogens is 2. The average Bonchev–Trinajstić information content (AvgIpc) is 2.97. The van der Waals surface area contributed by atoms with Gasteiger partial charge in [0.1, 0.15) is 11.6 Å². The molecule has 0 aliphatic rings. The highest BCUT2D eigenvalue weighted by molar-refractivity contribution is 6.04. The minimum Gasteiger partial charge on any atom is -0.334 e. The highest BCUT2D eigenvalue weighted by Gasteiger charge is 2.11. The first kappa shape index (κ1) is 14.8. The van der Waals surface area contributed by atoms with Crippen molar-refractivity contribution in [3.05, 3.63) is 65.5 Å². The Morgan fingerprint density at radius 1 is 1.13 bits per heavy atom. The fraction of sp³-hybridized carbons (Fsp3) is 0.0625. The van der Waals surface area contributed by atoms with Gasteiger partial charge in [0.25, 0.3) is 11.8 Å². The second-order valence-electron chi connectivity index (χ2n) is 4.80. The van der Waals surface area contributed by atoms with Crippen molar-refractivity contribution < 1.29 is 18.1 Å². The maximum atomic E-state index is 13.5. The molecule has 0 saturated carbocycles. The van der Waals surface area contributed by atoms with Gasteiger partial charge in [0.2, 0.25) is 0 Å². The second kappa shape index (κ2) is 5.96. The van der Waals surface area contributed by atoms with Crippen LogP contribution in [0, 0.1) is 18.6 Å². The van der Waals surface area contributed by atoms with E-state index in [0.29, 0.717) is 28.9 Å². The zero-order valence-corrected chi connectivity index (χ0v) is 12.0. The molecule has 1 aromatic heterocycles. The predicted molar refractivity (Wildman–Crippen MR) is 78.8 cm³/mol. The molecule has 116 valence electrons. The summed E-state index contributed by atoms with van der Waals surface area (Å²) in [6, 6.07) is 9.32. The molecule has 2 aromatic carbocycles. The summed E-state index contributed by atoms with van der Waals surface area (Å²) in [5.74, 6) is -1.20. The van der Waals surface area contributed by atoms with Crippen molar-refractivity contribution in [2.45, 2.75) is 6.92 Å². The highest BCUT2D eigenvalue weighted by atomic mass is 19.1. The number of carbonyl (C=O) groups is 1. The number of amides is 1. The van der Waals surface area contributed by atoms with Crippen LogP contribution in [0.3, 0.4) is 0 Å². The van der Waals surface area contributed by atoms with Crippen LogP contribution < -0.4 is 5.32 Å². The standard InChI is InChI=1S/C16H11F2N3O2/c1-9-19-16(23-21-9)11-4-2-10(3-5-11)15(22)20-14-7-6-12(17)8-13(14)18/h2-8H,1H3,(H,20,22). The molecule has 0 unspecified atom stereocenters. The fourth-order valence-electron chi connectivity index (χ4n) is 1.96. The van der Waals surface area contributed by atoms with Gasteiger partial charge in [-0.1, -0.05) is 5.16 Å². The van der Waals surface area contributed by atoms with Crippen molar-refractivity contribution >= 4 is 11.6 Å². The number of rotatable bonds is 3. The lowest BCUT2D eigenvalue weighted by atomic mass is 10.1. The van der Waals surface area contributed by atoms with Gasteiger partial charge in [-0.2, -0.15) is 4.98 Å². The number of aromatic nitrogens is 2. The number of nitrogens with zero attached hydrogens (tertiary/aromatic N) is 2. The van der Waals surface area contributed by atoms with Crippen molar-refractivity contribution in [2.75, 3.05) is 5.32 Å². The molecule has 1 heterocycles. The molecule has 1 N–H and O–H groups in total. The Labute approximate surface area is 130 Å². The monoisotopic (exact) mass is 315 g/mol. The summed E-state index contributed by atoms with van der Waals surface area (Å²) >= 11 is 0. The van der Waals surface area contributed by atoms with Crippen LogP contribution in [-0.2, 0) is 0 Å². The fourth-order valence-corrected chi connectivity index (χ4v) is 1.96. The summed E-state index contributed by atoms with van der Waals surface area (Å²) in [5, 5.41) is 6.07. The van der Waals surface area contributed by atoms with E-state index in [9.17, 15) is 13.6 Å². The number of hydrogen-bond acceptors (Lipinski definition) is 4. The largest absolute Gasteiger partial charge is 0.334 e. The second-order valence-corrected chi connectivity index (χ2v) is 4.80. The van der Waals surface area contributed by atoms with Crippen LogP contribution in [0.5, 0.6) is 0 Å². The Bertz CT molecular complexity index is 860. The normalized spacial score (nSPS) is 10.6. The van der Waals surface area contributed by atoms with Crippen LogP contribution in [0.25, 0.3) is 11.5 Å². The lowest BCUT2D eigenvalue weighted by molar-refractivity contribution is 0.102. The van der Waals surface area contributed by atoms with E-state index in [1.54, 1.807) is 31.2 Å². The number of anilines is 1. The smallest absolute Gasteiger partial charge is 0.257 e. The van der Waals surface area contributed by atoms with Crippen LogP contribution >= 0.6 is 0 Å². The van der Waals surface area contributed by atoms with Gasteiger partial charge in [-0.3, -0.25) is 4.79 Å². The number of benzene rings is 2. The molecule has 23 heavy (non-hydrogen) atoms. The van der Waals surface area contributed by atoms with E-state index in [0.717, 1.165) is 12.1 Å². The van der Waals surface area contributed by atoms with Gasteiger partial charge in [0, 0.05) is 17.2 Å². The summed E-state index contributed by atoms with van der Waals surface area (Å²) in [5.41, 5.74) is 0.886. The molecule has 3 aromatic rings. The van der Waals surface area contributed by atoms with E-state index in [-0.39, 0.29) is 5.69 Å². The Morgan fingerprint density at radius 3 is 2.48 bits per heavy atom. The summed E-state index contributed by atoms with van der Waals surface area (Å²) in [4.78, 5) is 16.2. The molecule has 0 aliphatic carbocycles. The van der Waals surface area contributed by atoms with E-state index in [1.165, 1.54) is 0 Å². The molecule has 0 aliphatic heterocycles. The molecule has 0 bridgehead atoms. The summed E-state index contributed by atoms with van der Waals surface area (Å²) in [6.45, 7) is 1.70. The molecule has 7 heteroatoms. The molecule has 0 fully saturated rings. The highest BCUT2D eigenvalue weighted by Crippen LogP contribution is 2.19. The van der Waals surface area contributed by atoms with E-state index < -0.39 is 17.5 Å². The van der Waals surface area contributed by atoms with E-state index >= 15 is 0 Å². The number of hydrogen-bond donors (Lipinski definition) is 1. The van der Waals surface area contributed by atoms with Crippen LogP contribution in [0.4, 0.5) is 14.5 Å². The third-order valence-corrected chi connectivity index (χ3v) is 3.10. The molecule has 0 saturated heterocycles. The quantitative estimate of drug-likeness (QED) is 0.802. The van der Waals surface area contributed by atoms with Crippen molar-refractivity contribution in [3.63, 3.8) is 0 Å². The van der Waals surface area contributed by atoms with Crippen LogP contribution in [0.2, 0.25) is 0 Å². The van der Waals surface area contributed by atoms with Crippen molar-refractivity contribution in [1.29, 1.82) is 0 Å². The van der Waals surface area contributed by atoms with Gasteiger partial charge in [-0.15, -0.1) is 0 Å². The van der Waals surface area contributed by atoms with Gasteiger partial charge in [-0.05, 0) is 43.3 Å². The van der Waals surface area contributed by atoms with Crippen LogP contribution in [0.1, 0.15) is 16.2 Å². The average molecular weight is 315 g/mol. The van der Waals surface area contributed by atoms with E-state index in [4.69, 9.17) is 4.52 Å². The molecule has 0 spiro atoms. The minimum atomic E-state index is -0.837. The molecule has 0 radical (unpaired) electrons. The van der Waals surface area contributed by atoms with Crippen LogP contribution in [-0.4, -0.2) is 16.0 Å². The predicted octanol–water partition coefficient (Wildman–Crippen LogP) is 3.58. The minimum absolute atomic E-state index is 0.0898. The lowest BCUT2D eigenvalue weighted by Crippen LogP contribution is -2.13. The zero-order chi connectivity index (χ0) is 16.4. The molecule has 3 rings (SSSR count). The molecular weight excluding hydrogens is 304 g/mol. The van der Waals surface area contributed by atoms with Crippen molar-refractivity contribution in [1.82, 2.24) is 10.1 Å². The van der Waals surface area contributed by atoms with Gasteiger partial charge in [-0.25, -0.2) is 8.78 Å². The molecular formula is C16H11F2N3O2. The first-order valence-corrected chi connectivity index (χ1v) is 6.70. The number of aryl methyl sites for hydroxylation is 1. The summed E-state index contributed by atoms with van der Waals surface area (Å²) in [7, 11) is 0. The topological polar surface area (TPSA) is 68.0 Å². The Kier molecular flexibility index (Phi) is 3.84. The Morgan fingerprint density at radius 2 is 1.87 bits per heavy atom. The van der Waals surface area contributed by atoms with Gasteiger partial charge in [0.15, 0.2) is 5.82 Å².